The highest BCUT2D eigenvalue weighted by atomic mass is 32.2. The summed E-state index contributed by atoms with van der Waals surface area (Å²) in [5.74, 6) is 1.69. The molecule has 3 rings (SSSR count). The molecule has 0 aliphatic rings. The molecule has 3 aromatic rings. The van der Waals surface area contributed by atoms with Gasteiger partial charge in [-0.25, -0.2) is 0 Å². The van der Waals surface area contributed by atoms with E-state index in [1.165, 1.54) is 11.8 Å². The van der Waals surface area contributed by atoms with E-state index in [2.05, 4.69) is 15.5 Å². The number of rotatable bonds is 7. The number of nitrogens with zero attached hydrogens (tertiary/aromatic N) is 2. The van der Waals surface area contributed by atoms with Gasteiger partial charge in [-0.3, -0.25) is 4.79 Å². The van der Waals surface area contributed by atoms with Gasteiger partial charge in [0.15, 0.2) is 0 Å². The van der Waals surface area contributed by atoms with Crippen molar-refractivity contribution in [1.29, 1.82) is 0 Å². The lowest BCUT2D eigenvalue weighted by Gasteiger charge is -2.05. The van der Waals surface area contributed by atoms with E-state index in [0.29, 0.717) is 29.0 Å². The number of nitrogens with one attached hydrogen (secondary N) is 1. The van der Waals surface area contributed by atoms with Crippen molar-refractivity contribution < 1.29 is 19.1 Å². The predicted octanol–water partition coefficient (Wildman–Crippen LogP) is 3.57. The lowest BCUT2D eigenvalue weighted by atomic mass is 10.2. The number of hydrogen-bond acceptors (Lipinski definition) is 7. The molecule has 1 aromatic heterocycles. The van der Waals surface area contributed by atoms with Crippen LogP contribution in [0.1, 0.15) is 6.42 Å². The molecule has 0 radical (unpaired) electrons. The number of benzene rings is 2. The van der Waals surface area contributed by atoms with Crippen molar-refractivity contribution in [2.75, 3.05) is 18.2 Å². The molecule has 26 heavy (non-hydrogen) atoms. The summed E-state index contributed by atoms with van der Waals surface area (Å²) in [5, 5.41) is 20.4. The Balaban J connectivity index is 1.47. The van der Waals surface area contributed by atoms with Crippen molar-refractivity contribution in [3.63, 3.8) is 0 Å². The van der Waals surface area contributed by atoms with Gasteiger partial charge in [-0.05, 0) is 48.5 Å². The van der Waals surface area contributed by atoms with E-state index in [4.69, 9.17) is 9.15 Å². The average Bonchev–Trinajstić information content (AvgIpc) is 3.12. The van der Waals surface area contributed by atoms with Gasteiger partial charge in [0.25, 0.3) is 5.22 Å². The normalized spacial score (nSPS) is 10.5. The molecule has 2 aromatic carbocycles. The highest BCUT2D eigenvalue weighted by Crippen LogP contribution is 2.25. The number of aromatic nitrogens is 2. The topological polar surface area (TPSA) is 97.5 Å². The fourth-order valence-corrected chi connectivity index (χ4v) is 2.82. The first kappa shape index (κ1) is 17.8. The summed E-state index contributed by atoms with van der Waals surface area (Å²) >= 11 is 1.31. The van der Waals surface area contributed by atoms with Crippen molar-refractivity contribution in [3.05, 3.63) is 48.5 Å². The van der Waals surface area contributed by atoms with Crippen LogP contribution in [-0.4, -0.2) is 34.1 Å². The van der Waals surface area contributed by atoms with Crippen molar-refractivity contribution in [1.82, 2.24) is 10.2 Å². The van der Waals surface area contributed by atoms with Crippen LogP contribution in [0.4, 0.5) is 5.69 Å². The molecule has 2 N–H and O–H groups in total. The first-order chi connectivity index (χ1) is 12.6. The SMILES string of the molecule is COc1ccc(NC(=O)CCSc2nnc(-c3ccc(O)cc3)o2)cc1. The molecule has 0 aliphatic carbocycles. The largest absolute Gasteiger partial charge is 0.508 e. The number of amides is 1. The number of carbonyl (C=O) groups is 1. The number of hydrogen-bond donors (Lipinski definition) is 2. The zero-order valence-corrected chi connectivity index (χ0v) is 14.8. The van der Waals surface area contributed by atoms with Gasteiger partial charge in [0, 0.05) is 23.4 Å². The van der Waals surface area contributed by atoms with Gasteiger partial charge in [0.1, 0.15) is 11.5 Å². The zero-order chi connectivity index (χ0) is 18.4. The third kappa shape index (κ3) is 4.76. The van der Waals surface area contributed by atoms with Crippen LogP contribution in [0.25, 0.3) is 11.5 Å². The number of phenolic OH excluding ortho intramolecular Hbond substituents is 1. The third-order valence-electron chi connectivity index (χ3n) is 3.45. The highest BCUT2D eigenvalue weighted by molar-refractivity contribution is 7.99. The second kappa shape index (κ2) is 8.39. The Morgan fingerprint density at radius 1 is 1.15 bits per heavy atom. The Hall–Kier alpha value is -3.00. The minimum Gasteiger partial charge on any atom is -0.508 e. The Kier molecular flexibility index (Phi) is 5.75. The first-order valence-electron chi connectivity index (χ1n) is 7.83. The molecule has 0 fully saturated rings. The number of anilines is 1. The monoisotopic (exact) mass is 371 g/mol. The molecule has 134 valence electrons. The smallest absolute Gasteiger partial charge is 0.276 e. The van der Waals surface area contributed by atoms with Gasteiger partial charge in [-0.2, -0.15) is 0 Å². The van der Waals surface area contributed by atoms with Gasteiger partial charge in [-0.1, -0.05) is 11.8 Å². The lowest BCUT2D eigenvalue weighted by molar-refractivity contribution is -0.115. The Bertz CT molecular complexity index is 863. The molecular formula is C18H17N3O4S. The number of methoxy groups -OCH3 is 1. The average molecular weight is 371 g/mol. The van der Waals surface area contributed by atoms with E-state index < -0.39 is 0 Å². The summed E-state index contributed by atoms with van der Waals surface area (Å²) in [6.07, 6.45) is 0.313. The summed E-state index contributed by atoms with van der Waals surface area (Å²) in [5.41, 5.74) is 1.44. The van der Waals surface area contributed by atoms with Gasteiger partial charge < -0.3 is 19.6 Å². The Morgan fingerprint density at radius 3 is 2.58 bits per heavy atom. The summed E-state index contributed by atoms with van der Waals surface area (Å²) in [7, 11) is 1.59. The van der Waals surface area contributed by atoms with Gasteiger partial charge >= 0.3 is 0 Å². The molecule has 1 heterocycles. The van der Waals surface area contributed by atoms with Crippen LogP contribution in [0, 0.1) is 0 Å². The molecule has 0 saturated carbocycles. The predicted molar refractivity (Wildman–Crippen MR) is 98.4 cm³/mol. The summed E-state index contributed by atoms with van der Waals surface area (Å²) in [4.78, 5) is 12.0. The fraction of sp³-hybridized carbons (Fsp3) is 0.167. The van der Waals surface area contributed by atoms with Crippen molar-refractivity contribution in [2.45, 2.75) is 11.6 Å². The zero-order valence-electron chi connectivity index (χ0n) is 14.0. The molecule has 0 bridgehead atoms. The van der Waals surface area contributed by atoms with Crippen LogP contribution in [0.15, 0.2) is 58.2 Å². The van der Waals surface area contributed by atoms with Crippen LogP contribution >= 0.6 is 11.8 Å². The lowest BCUT2D eigenvalue weighted by Crippen LogP contribution is -2.12. The van der Waals surface area contributed by atoms with Crippen LogP contribution in [0.3, 0.4) is 0 Å². The van der Waals surface area contributed by atoms with Crippen LogP contribution < -0.4 is 10.1 Å². The molecule has 0 atom stereocenters. The third-order valence-corrected chi connectivity index (χ3v) is 4.27. The summed E-state index contributed by atoms with van der Waals surface area (Å²) in [6, 6.07) is 13.6. The number of thioether (sulfide) groups is 1. The Labute approximate surface area is 154 Å². The number of carbonyl (C=O) groups excluding carboxylic acids is 1. The molecule has 1 amide bonds. The fourth-order valence-electron chi connectivity index (χ4n) is 2.12. The standard InChI is InChI=1S/C18H17N3O4S/c1-24-15-8-4-13(5-9-15)19-16(23)10-11-26-18-21-20-17(25-18)12-2-6-14(22)7-3-12/h2-9,22H,10-11H2,1H3,(H,19,23). The first-order valence-corrected chi connectivity index (χ1v) is 8.82. The van der Waals surface area contributed by atoms with Crippen LogP contribution in [0.5, 0.6) is 11.5 Å². The summed E-state index contributed by atoms with van der Waals surface area (Å²) in [6.45, 7) is 0. The van der Waals surface area contributed by atoms with Crippen molar-refractivity contribution >= 4 is 23.4 Å². The quantitative estimate of drug-likeness (QED) is 0.613. The van der Waals surface area contributed by atoms with Crippen LogP contribution in [0.2, 0.25) is 0 Å². The minimum absolute atomic E-state index is 0.0964. The van der Waals surface area contributed by atoms with Crippen molar-refractivity contribution in [2.24, 2.45) is 0 Å². The van der Waals surface area contributed by atoms with E-state index >= 15 is 0 Å². The molecule has 8 heteroatoms. The van der Waals surface area contributed by atoms with Crippen LogP contribution in [-0.2, 0) is 4.79 Å². The second-order valence-corrected chi connectivity index (χ2v) is 6.34. The molecule has 0 aliphatic heterocycles. The molecule has 7 nitrogen and oxygen atoms in total. The van der Waals surface area contributed by atoms with E-state index in [9.17, 15) is 9.90 Å². The molecule has 0 unspecified atom stereocenters. The van der Waals surface area contributed by atoms with Gasteiger partial charge in [0.05, 0.1) is 7.11 Å². The van der Waals surface area contributed by atoms with E-state index in [0.717, 1.165) is 11.3 Å². The van der Waals surface area contributed by atoms with Gasteiger partial charge in [0.2, 0.25) is 11.8 Å². The maximum Gasteiger partial charge on any atom is 0.276 e. The van der Waals surface area contributed by atoms with E-state index in [-0.39, 0.29) is 11.7 Å². The van der Waals surface area contributed by atoms with Crippen molar-refractivity contribution in [3.8, 4) is 23.0 Å². The second-order valence-electron chi connectivity index (χ2n) is 5.30. The minimum atomic E-state index is -0.0964. The highest BCUT2D eigenvalue weighted by Gasteiger charge is 2.10. The number of aromatic hydroxyl groups is 1. The maximum absolute atomic E-state index is 12.0. The summed E-state index contributed by atoms with van der Waals surface area (Å²) < 4.78 is 10.6. The molecule has 0 saturated heterocycles. The Morgan fingerprint density at radius 2 is 1.88 bits per heavy atom. The maximum atomic E-state index is 12.0. The molecule has 0 spiro atoms. The van der Waals surface area contributed by atoms with Gasteiger partial charge in [-0.15, -0.1) is 10.2 Å². The molecular weight excluding hydrogens is 354 g/mol. The van der Waals surface area contributed by atoms with E-state index in [1.807, 2.05) is 0 Å². The number of phenols is 1. The number of ether oxygens (including phenoxy) is 1. The van der Waals surface area contributed by atoms with E-state index in [1.54, 1.807) is 55.6 Å².